The number of amides is 2. The SMILES string of the molecule is O=C(Nc1cc(Cl)c(Cl)cn1)N1CCC2(CCOC2)C1. The molecular formula is C13H15Cl2N3O2. The molecule has 0 saturated carbocycles. The maximum absolute atomic E-state index is 12.2. The van der Waals surface area contributed by atoms with Crippen LogP contribution in [0.5, 0.6) is 0 Å². The molecule has 1 unspecified atom stereocenters. The molecule has 1 spiro atoms. The summed E-state index contributed by atoms with van der Waals surface area (Å²) in [5.41, 5.74) is 0.155. The summed E-state index contributed by atoms with van der Waals surface area (Å²) in [5, 5.41) is 3.49. The van der Waals surface area contributed by atoms with Gasteiger partial charge in [0.25, 0.3) is 0 Å². The first kappa shape index (κ1) is 13.9. The molecular weight excluding hydrogens is 301 g/mol. The van der Waals surface area contributed by atoms with Crippen LogP contribution < -0.4 is 5.32 Å². The average Bonchev–Trinajstić information content (AvgIpc) is 3.05. The van der Waals surface area contributed by atoms with Gasteiger partial charge in [-0.3, -0.25) is 5.32 Å². The number of carbonyl (C=O) groups excluding carboxylic acids is 1. The second kappa shape index (κ2) is 5.39. The van der Waals surface area contributed by atoms with Crippen molar-refractivity contribution in [1.82, 2.24) is 9.88 Å². The van der Waals surface area contributed by atoms with Crippen molar-refractivity contribution >= 4 is 35.1 Å². The Morgan fingerprint density at radius 3 is 2.95 bits per heavy atom. The normalized spacial score (nSPS) is 25.4. The van der Waals surface area contributed by atoms with Crippen molar-refractivity contribution in [2.45, 2.75) is 12.8 Å². The van der Waals surface area contributed by atoms with Crippen LogP contribution in [0, 0.1) is 5.41 Å². The molecule has 0 aromatic carbocycles. The minimum atomic E-state index is -0.153. The summed E-state index contributed by atoms with van der Waals surface area (Å²) in [7, 11) is 0. The summed E-state index contributed by atoms with van der Waals surface area (Å²) in [5.74, 6) is 0.410. The van der Waals surface area contributed by atoms with Crippen LogP contribution in [0.25, 0.3) is 0 Å². The number of pyridine rings is 1. The van der Waals surface area contributed by atoms with Crippen LogP contribution >= 0.6 is 23.2 Å². The Labute approximate surface area is 127 Å². The first-order valence-corrected chi connectivity index (χ1v) is 7.28. The van der Waals surface area contributed by atoms with E-state index in [-0.39, 0.29) is 11.4 Å². The third-order valence-corrected chi connectivity index (χ3v) is 4.66. The summed E-state index contributed by atoms with van der Waals surface area (Å²) in [6.45, 7) is 3.03. The second-order valence-electron chi connectivity index (χ2n) is 5.39. The van der Waals surface area contributed by atoms with Gasteiger partial charge in [-0.25, -0.2) is 9.78 Å². The van der Waals surface area contributed by atoms with Gasteiger partial charge >= 0.3 is 6.03 Å². The highest BCUT2D eigenvalue weighted by atomic mass is 35.5. The molecule has 3 rings (SSSR count). The van der Waals surface area contributed by atoms with Crippen molar-refractivity contribution in [3.8, 4) is 0 Å². The molecule has 20 heavy (non-hydrogen) atoms. The molecule has 1 atom stereocenters. The molecule has 7 heteroatoms. The highest BCUT2D eigenvalue weighted by Gasteiger charge is 2.42. The van der Waals surface area contributed by atoms with Crippen LogP contribution in [0.1, 0.15) is 12.8 Å². The van der Waals surface area contributed by atoms with Gasteiger partial charge in [0.1, 0.15) is 5.82 Å². The van der Waals surface area contributed by atoms with Crippen molar-refractivity contribution in [3.05, 3.63) is 22.3 Å². The zero-order valence-electron chi connectivity index (χ0n) is 10.9. The van der Waals surface area contributed by atoms with Crippen LogP contribution in [0.4, 0.5) is 10.6 Å². The summed E-state index contributed by atoms with van der Waals surface area (Å²) in [6, 6.07) is 1.39. The fourth-order valence-electron chi connectivity index (χ4n) is 2.75. The Balaban J connectivity index is 1.63. The lowest BCUT2D eigenvalue weighted by atomic mass is 9.87. The number of hydrogen-bond donors (Lipinski definition) is 1. The number of likely N-dealkylation sites (tertiary alicyclic amines) is 1. The zero-order valence-corrected chi connectivity index (χ0v) is 12.4. The highest BCUT2D eigenvalue weighted by molar-refractivity contribution is 6.42. The molecule has 108 valence electrons. The molecule has 2 fully saturated rings. The summed E-state index contributed by atoms with van der Waals surface area (Å²) in [4.78, 5) is 18.1. The van der Waals surface area contributed by atoms with Crippen LogP contribution in [-0.2, 0) is 4.74 Å². The summed E-state index contributed by atoms with van der Waals surface area (Å²) < 4.78 is 5.45. The third kappa shape index (κ3) is 2.71. The van der Waals surface area contributed by atoms with Gasteiger partial charge < -0.3 is 9.64 Å². The van der Waals surface area contributed by atoms with Gasteiger partial charge in [-0.2, -0.15) is 0 Å². The highest BCUT2D eigenvalue weighted by Crippen LogP contribution is 2.38. The topological polar surface area (TPSA) is 54.5 Å². The molecule has 2 aliphatic heterocycles. The molecule has 1 aromatic rings. The van der Waals surface area contributed by atoms with Crippen molar-refractivity contribution < 1.29 is 9.53 Å². The van der Waals surface area contributed by atoms with E-state index < -0.39 is 0 Å². The number of halogens is 2. The Bertz CT molecular complexity index is 532. The molecule has 2 amide bonds. The molecule has 3 heterocycles. The second-order valence-corrected chi connectivity index (χ2v) is 6.20. The number of carbonyl (C=O) groups is 1. The van der Waals surface area contributed by atoms with Crippen LogP contribution in [-0.4, -0.2) is 42.2 Å². The van der Waals surface area contributed by atoms with E-state index in [0.29, 0.717) is 15.9 Å². The molecule has 0 aliphatic carbocycles. The minimum absolute atomic E-state index is 0.153. The van der Waals surface area contributed by atoms with Crippen LogP contribution in [0.2, 0.25) is 10.0 Å². The Morgan fingerprint density at radius 2 is 2.25 bits per heavy atom. The number of ether oxygens (including phenoxy) is 1. The van der Waals surface area contributed by atoms with E-state index >= 15 is 0 Å². The maximum Gasteiger partial charge on any atom is 0.323 e. The number of aromatic nitrogens is 1. The Morgan fingerprint density at radius 1 is 1.40 bits per heavy atom. The Hall–Kier alpha value is -1.04. The van der Waals surface area contributed by atoms with Crippen molar-refractivity contribution in [3.63, 3.8) is 0 Å². The standard InChI is InChI=1S/C13H15Cl2N3O2/c14-9-5-11(16-6-10(9)15)17-12(19)18-3-1-13(7-18)2-4-20-8-13/h5-6H,1-4,7-8H2,(H,16,17,19). The maximum atomic E-state index is 12.2. The smallest absolute Gasteiger partial charge is 0.323 e. The first-order valence-electron chi connectivity index (χ1n) is 6.53. The summed E-state index contributed by atoms with van der Waals surface area (Å²) in [6.07, 6.45) is 3.45. The third-order valence-electron chi connectivity index (χ3n) is 3.95. The van der Waals surface area contributed by atoms with Crippen molar-refractivity contribution in [2.24, 2.45) is 5.41 Å². The molecule has 0 radical (unpaired) electrons. The van der Waals surface area contributed by atoms with E-state index in [1.807, 2.05) is 0 Å². The first-order chi connectivity index (χ1) is 9.58. The monoisotopic (exact) mass is 315 g/mol. The molecule has 2 aliphatic rings. The lowest BCUT2D eigenvalue weighted by molar-refractivity contribution is 0.154. The number of urea groups is 1. The molecule has 5 nitrogen and oxygen atoms in total. The van der Waals surface area contributed by atoms with Crippen molar-refractivity contribution in [1.29, 1.82) is 0 Å². The van der Waals surface area contributed by atoms with E-state index in [4.69, 9.17) is 27.9 Å². The zero-order chi connectivity index (χ0) is 14.2. The molecule has 0 bridgehead atoms. The predicted molar refractivity (Wildman–Crippen MR) is 77.3 cm³/mol. The van der Waals surface area contributed by atoms with Crippen LogP contribution in [0.3, 0.4) is 0 Å². The molecule has 1 aromatic heterocycles. The quantitative estimate of drug-likeness (QED) is 0.866. The van der Waals surface area contributed by atoms with E-state index in [1.54, 1.807) is 11.0 Å². The summed E-state index contributed by atoms with van der Waals surface area (Å²) >= 11 is 11.7. The van der Waals surface area contributed by atoms with Crippen LogP contribution in [0.15, 0.2) is 12.3 Å². The van der Waals surface area contributed by atoms with E-state index in [2.05, 4.69) is 10.3 Å². The largest absolute Gasteiger partial charge is 0.381 e. The van der Waals surface area contributed by atoms with E-state index in [0.717, 1.165) is 39.1 Å². The van der Waals surface area contributed by atoms with Crippen molar-refractivity contribution in [2.75, 3.05) is 31.6 Å². The number of nitrogens with one attached hydrogen (secondary N) is 1. The van der Waals surface area contributed by atoms with Gasteiger partial charge in [-0.1, -0.05) is 23.2 Å². The van der Waals surface area contributed by atoms with Gasteiger partial charge in [0.15, 0.2) is 0 Å². The molecule has 1 N–H and O–H groups in total. The van der Waals surface area contributed by atoms with Gasteiger partial charge in [0, 0.05) is 37.4 Å². The van der Waals surface area contributed by atoms with Gasteiger partial charge in [-0.15, -0.1) is 0 Å². The number of rotatable bonds is 1. The van der Waals surface area contributed by atoms with Gasteiger partial charge in [0.05, 0.1) is 16.7 Å². The van der Waals surface area contributed by atoms with E-state index in [1.165, 1.54) is 6.20 Å². The lowest BCUT2D eigenvalue weighted by Gasteiger charge is -2.22. The van der Waals surface area contributed by atoms with Gasteiger partial charge in [-0.05, 0) is 12.8 Å². The van der Waals surface area contributed by atoms with Gasteiger partial charge in [0.2, 0.25) is 0 Å². The van der Waals surface area contributed by atoms with E-state index in [9.17, 15) is 4.79 Å². The number of hydrogen-bond acceptors (Lipinski definition) is 3. The fourth-order valence-corrected chi connectivity index (χ4v) is 3.01. The number of nitrogens with zero attached hydrogens (tertiary/aromatic N) is 2. The minimum Gasteiger partial charge on any atom is -0.381 e. The predicted octanol–water partition coefficient (Wildman–Crippen LogP) is 3.03. The fraction of sp³-hybridized carbons (Fsp3) is 0.538. The molecule has 2 saturated heterocycles. The average molecular weight is 316 g/mol. The lowest BCUT2D eigenvalue weighted by Crippen LogP contribution is -2.35. The number of anilines is 1. The Kier molecular flexibility index (Phi) is 3.75.